The molecule has 0 aliphatic carbocycles. The minimum atomic E-state index is 0.254. The van der Waals surface area contributed by atoms with Gasteiger partial charge in [0.05, 0.1) is 0 Å². The first-order valence-corrected chi connectivity index (χ1v) is 7.69. The molecule has 17 heavy (non-hydrogen) atoms. The lowest BCUT2D eigenvalue weighted by Crippen LogP contribution is -2.49. The summed E-state index contributed by atoms with van der Waals surface area (Å²) in [5, 5.41) is 0. The van der Waals surface area contributed by atoms with Crippen molar-refractivity contribution in [1.29, 1.82) is 0 Å². The molecule has 2 heteroatoms. The van der Waals surface area contributed by atoms with Crippen LogP contribution in [0.3, 0.4) is 0 Å². The van der Waals surface area contributed by atoms with Crippen LogP contribution in [0.5, 0.6) is 0 Å². The summed E-state index contributed by atoms with van der Waals surface area (Å²) < 4.78 is 0.798. The second kappa shape index (κ2) is 5.27. The minimum Gasteiger partial charge on any atom is -0.290 e. The van der Waals surface area contributed by atoms with E-state index in [1.54, 1.807) is 0 Å². The maximum atomic E-state index is 2.67. The van der Waals surface area contributed by atoms with Gasteiger partial charge in [0, 0.05) is 22.1 Å². The Morgan fingerprint density at radius 3 is 2.35 bits per heavy atom. The van der Waals surface area contributed by atoms with Gasteiger partial charge < -0.3 is 0 Å². The Morgan fingerprint density at radius 2 is 1.76 bits per heavy atom. The molecule has 0 aromatic heterocycles. The van der Waals surface area contributed by atoms with Gasteiger partial charge in [-0.1, -0.05) is 52.9 Å². The zero-order valence-electron chi connectivity index (χ0n) is 11.0. The molecule has 1 nitrogen and oxygen atoms in total. The third kappa shape index (κ3) is 3.22. The van der Waals surface area contributed by atoms with Crippen molar-refractivity contribution in [3.8, 4) is 0 Å². The molecule has 1 aliphatic rings. The van der Waals surface area contributed by atoms with Crippen molar-refractivity contribution < 1.29 is 0 Å². The topological polar surface area (TPSA) is 3.24 Å². The number of likely N-dealkylation sites (tertiary alicyclic amines) is 1. The molecule has 2 atom stereocenters. The largest absolute Gasteiger partial charge is 0.290 e. The summed E-state index contributed by atoms with van der Waals surface area (Å²) in [6, 6.07) is 11.6. The fourth-order valence-electron chi connectivity index (χ4n) is 2.69. The van der Waals surface area contributed by atoms with Gasteiger partial charge in [0.1, 0.15) is 0 Å². The van der Waals surface area contributed by atoms with Crippen LogP contribution in [0.2, 0.25) is 0 Å². The molecule has 1 saturated heterocycles. The van der Waals surface area contributed by atoms with Crippen LogP contribution in [0.15, 0.2) is 30.3 Å². The number of halogens is 1. The SMILES string of the molecule is CC(C)(C)N1C[C@@H](I)CC[C@@H]1c1ccccc1. The Morgan fingerprint density at radius 1 is 1.12 bits per heavy atom. The lowest BCUT2D eigenvalue weighted by molar-refractivity contribution is 0.0561. The normalized spacial score (nSPS) is 27.1. The van der Waals surface area contributed by atoms with Gasteiger partial charge in [-0.3, -0.25) is 4.90 Å². The van der Waals surface area contributed by atoms with Crippen LogP contribution in [0.4, 0.5) is 0 Å². The lowest BCUT2D eigenvalue weighted by atomic mass is 9.90. The van der Waals surface area contributed by atoms with Crippen molar-refractivity contribution >= 4 is 22.6 Å². The fraction of sp³-hybridized carbons (Fsp3) is 0.600. The molecular weight excluding hydrogens is 321 g/mol. The first kappa shape index (κ1) is 13.3. The molecule has 94 valence electrons. The molecule has 0 bridgehead atoms. The van der Waals surface area contributed by atoms with Crippen LogP contribution < -0.4 is 0 Å². The van der Waals surface area contributed by atoms with Crippen LogP contribution in [0, 0.1) is 0 Å². The van der Waals surface area contributed by atoms with E-state index >= 15 is 0 Å². The Labute approximate surface area is 119 Å². The van der Waals surface area contributed by atoms with Gasteiger partial charge in [-0.05, 0) is 39.2 Å². The number of rotatable bonds is 1. The van der Waals surface area contributed by atoms with E-state index < -0.39 is 0 Å². The molecule has 0 unspecified atom stereocenters. The van der Waals surface area contributed by atoms with E-state index in [0.29, 0.717) is 6.04 Å². The summed E-state index contributed by atoms with van der Waals surface area (Å²) in [7, 11) is 0. The molecule has 1 aromatic rings. The molecule has 1 aromatic carbocycles. The van der Waals surface area contributed by atoms with Crippen molar-refractivity contribution in [2.75, 3.05) is 6.54 Å². The van der Waals surface area contributed by atoms with Gasteiger partial charge in [-0.25, -0.2) is 0 Å². The zero-order chi connectivity index (χ0) is 12.5. The number of benzene rings is 1. The number of alkyl halides is 1. The van der Waals surface area contributed by atoms with Crippen molar-refractivity contribution in [1.82, 2.24) is 4.90 Å². The summed E-state index contributed by atoms with van der Waals surface area (Å²) in [6.45, 7) is 8.20. The van der Waals surface area contributed by atoms with Crippen LogP contribution in [-0.4, -0.2) is 20.9 Å². The molecule has 0 N–H and O–H groups in total. The summed E-state index contributed by atoms with van der Waals surface area (Å²) >= 11 is 2.60. The first-order valence-electron chi connectivity index (χ1n) is 6.44. The van der Waals surface area contributed by atoms with Crippen LogP contribution in [-0.2, 0) is 0 Å². The molecule has 1 aliphatic heterocycles. The molecule has 0 radical (unpaired) electrons. The lowest BCUT2D eigenvalue weighted by Gasteiger charge is -2.46. The molecule has 2 rings (SSSR count). The van der Waals surface area contributed by atoms with Crippen LogP contribution in [0.25, 0.3) is 0 Å². The van der Waals surface area contributed by atoms with E-state index in [1.165, 1.54) is 24.9 Å². The number of hydrogen-bond acceptors (Lipinski definition) is 1. The number of hydrogen-bond donors (Lipinski definition) is 0. The maximum Gasteiger partial charge on any atom is 0.0354 e. The van der Waals surface area contributed by atoms with E-state index in [2.05, 4.69) is 78.6 Å². The first-order chi connectivity index (χ1) is 7.98. The van der Waals surface area contributed by atoms with Crippen LogP contribution >= 0.6 is 22.6 Å². The van der Waals surface area contributed by atoms with E-state index in [1.807, 2.05) is 0 Å². The predicted molar refractivity (Wildman–Crippen MR) is 82.7 cm³/mol. The summed E-state index contributed by atoms with van der Waals surface area (Å²) in [6.07, 6.45) is 2.63. The zero-order valence-corrected chi connectivity index (χ0v) is 13.1. The summed E-state index contributed by atoms with van der Waals surface area (Å²) in [5.74, 6) is 0. The second-order valence-corrected chi connectivity index (χ2v) is 7.69. The number of nitrogens with zero attached hydrogens (tertiary/aromatic N) is 1. The van der Waals surface area contributed by atoms with Gasteiger partial charge in [0.15, 0.2) is 0 Å². The average Bonchev–Trinajstić information content (AvgIpc) is 2.29. The summed E-state index contributed by atoms with van der Waals surface area (Å²) in [4.78, 5) is 2.67. The highest BCUT2D eigenvalue weighted by molar-refractivity contribution is 14.1. The highest BCUT2D eigenvalue weighted by atomic mass is 127. The smallest absolute Gasteiger partial charge is 0.0354 e. The van der Waals surface area contributed by atoms with Crippen molar-refractivity contribution in [3.63, 3.8) is 0 Å². The van der Waals surface area contributed by atoms with Crippen molar-refractivity contribution in [3.05, 3.63) is 35.9 Å². The molecule has 0 saturated carbocycles. The Bertz CT molecular complexity index is 355. The average molecular weight is 343 g/mol. The van der Waals surface area contributed by atoms with Gasteiger partial charge in [0.25, 0.3) is 0 Å². The predicted octanol–water partition coefficient (Wildman–Crippen LogP) is 4.43. The van der Waals surface area contributed by atoms with E-state index in [4.69, 9.17) is 0 Å². The third-order valence-electron chi connectivity index (χ3n) is 3.57. The third-order valence-corrected chi connectivity index (χ3v) is 4.59. The standard InChI is InChI=1S/C15H22IN/c1-15(2,3)17-11-13(16)9-10-14(17)12-7-5-4-6-8-12/h4-8,13-14H,9-11H2,1-3H3/t13-,14+/m0/s1. The maximum absolute atomic E-state index is 2.67. The monoisotopic (exact) mass is 343 g/mol. The van der Waals surface area contributed by atoms with Gasteiger partial charge in [0.2, 0.25) is 0 Å². The quantitative estimate of drug-likeness (QED) is 0.539. The van der Waals surface area contributed by atoms with Gasteiger partial charge in [-0.15, -0.1) is 0 Å². The summed E-state index contributed by atoms with van der Waals surface area (Å²) in [5.41, 5.74) is 1.73. The highest BCUT2D eigenvalue weighted by Gasteiger charge is 2.34. The molecule has 0 amide bonds. The fourth-order valence-corrected chi connectivity index (χ4v) is 3.47. The Kier molecular flexibility index (Phi) is 4.14. The minimum absolute atomic E-state index is 0.254. The van der Waals surface area contributed by atoms with Crippen LogP contribution in [0.1, 0.15) is 45.2 Å². The molecule has 1 fully saturated rings. The van der Waals surface area contributed by atoms with Gasteiger partial charge >= 0.3 is 0 Å². The van der Waals surface area contributed by atoms with Crippen molar-refractivity contribution in [2.45, 2.75) is 49.1 Å². The van der Waals surface area contributed by atoms with E-state index in [-0.39, 0.29) is 5.54 Å². The highest BCUT2D eigenvalue weighted by Crippen LogP contribution is 2.37. The molecule has 1 heterocycles. The number of piperidine rings is 1. The van der Waals surface area contributed by atoms with Crippen molar-refractivity contribution in [2.24, 2.45) is 0 Å². The molecule has 0 spiro atoms. The Hall–Kier alpha value is -0.0900. The Balaban J connectivity index is 2.25. The van der Waals surface area contributed by atoms with Gasteiger partial charge in [-0.2, -0.15) is 0 Å². The van der Waals surface area contributed by atoms with E-state index in [9.17, 15) is 0 Å². The second-order valence-electron chi connectivity index (χ2n) is 5.92. The molecular formula is C15H22IN. The van der Waals surface area contributed by atoms with E-state index in [0.717, 1.165) is 3.92 Å².